The van der Waals surface area contributed by atoms with E-state index in [1.54, 1.807) is 19.9 Å². The Hall–Kier alpha value is -2.48. The van der Waals surface area contributed by atoms with E-state index in [1.165, 1.54) is 6.07 Å². The van der Waals surface area contributed by atoms with E-state index >= 15 is 0 Å². The molecule has 1 aromatic rings. The number of nitriles is 1. The number of nitrogens with two attached hydrogens (primary N) is 1. The van der Waals surface area contributed by atoms with Gasteiger partial charge in [0.15, 0.2) is 0 Å². The lowest BCUT2D eigenvalue weighted by Crippen LogP contribution is -2.49. The van der Waals surface area contributed by atoms with Crippen LogP contribution in [0.1, 0.15) is 13.8 Å². The monoisotopic (exact) mass is 338 g/mol. The fraction of sp³-hybridized carbons (Fsp3) is 0.571. The summed E-state index contributed by atoms with van der Waals surface area (Å²) in [5, 5.41) is 29.8. The minimum atomic E-state index is -2.20. The predicted molar refractivity (Wildman–Crippen MR) is 79.2 cm³/mol. The summed E-state index contributed by atoms with van der Waals surface area (Å²) in [7, 11) is 0. The van der Waals surface area contributed by atoms with Crippen LogP contribution in [0.15, 0.2) is 17.1 Å². The van der Waals surface area contributed by atoms with Gasteiger partial charge in [0.25, 0.3) is 5.72 Å². The topological polar surface area (TPSA) is 161 Å². The van der Waals surface area contributed by atoms with Crippen LogP contribution >= 0.6 is 0 Å². The van der Waals surface area contributed by atoms with Gasteiger partial charge in [-0.05, 0) is 6.07 Å². The molecule has 0 radical (unpaired) electrons. The van der Waals surface area contributed by atoms with Gasteiger partial charge in [0.1, 0.15) is 36.8 Å². The van der Waals surface area contributed by atoms with Crippen LogP contribution in [0.5, 0.6) is 0 Å². The highest BCUT2D eigenvalue weighted by Crippen LogP contribution is 2.34. The molecule has 1 aliphatic heterocycles. The third-order valence-electron chi connectivity index (χ3n) is 3.64. The molecule has 0 aromatic carbocycles. The average molecular weight is 338 g/mol. The number of rotatable bonds is 4. The molecule has 1 saturated heterocycles. The molecule has 130 valence electrons. The van der Waals surface area contributed by atoms with Crippen LogP contribution in [0, 0.1) is 17.2 Å². The minimum Gasteiger partial charge on any atom is -0.463 e. The van der Waals surface area contributed by atoms with Crippen LogP contribution in [0.3, 0.4) is 0 Å². The molecular formula is C14H18N4O6. The van der Waals surface area contributed by atoms with Crippen LogP contribution in [0.25, 0.3) is 0 Å². The van der Waals surface area contributed by atoms with Crippen molar-refractivity contribution in [3.8, 4) is 6.07 Å². The van der Waals surface area contributed by atoms with Gasteiger partial charge in [-0.3, -0.25) is 9.36 Å². The summed E-state index contributed by atoms with van der Waals surface area (Å²) in [5.41, 5.74) is 2.26. The van der Waals surface area contributed by atoms with Crippen molar-refractivity contribution in [2.75, 3.05) is 12.3 Å². The van der Waals surface area contributed by atoms with Crippen LogP contribution in [-0.2, 0) is 20.0 Å². The number of carbonyl (C=O) groups is 1. The Morgan fingerprint density at radius 2 is 2.29 bits per heavy atom. The number of ether oxygens (including phenoxy) is 2. The summed E-state index contributed by atoms with van der Waals surface area (Å²) in [4.78, 5) is 27.0. The first kappa shape index (κ1) is 17.9. The minimum absolute atomic E-state index is 0.0696. The summed E-state index contributed by atoms with van der Waals surface area (Å²) in [6.07, 6.45) is -3.36. The zero-order valence-corrected chi connectivity index (χ0v) is 13.1. The van der Waals surface area contributed by atoms with E-state index in [9.17, 15) is 25.1 Å². The molecule has 0 aliphatic carbocycles. The van der Waals surface area contributed by atoms with Gasteiger partial charge in [-0.15, -0.1) is 0 Å². The van der Waals surface area contributed by atoms with E-state index < -0.39 is 41.6 Å². The molecule has 2 rings (SSSR count). The molecule has 0 bridgehead atoms. The highest BCUT2D eigenvalue weighted by atomic mass is 16.6. The Morgan fingerprint density at radius 3 is 2.83 bits per heavy atom. The van der Waals surface area contributed by atoms with Crippen molar-refractivity contribution in [2.24, 2.45) is 5.92 Å². The highest BCUT2D eigenvalue weighted by Gasteiger charge is 2.57. The maximum Gasteiger partial charge on any atom is 0.352 e. The van der Waals surface area contributed by atoms with Crippen LogP contribution in [-0.4, -0.2) is 50.7 Å². The van der Waals surface area contributed by atoms with Gasteiger partial charge >= 0.3 is 11.7 Å². The van der Waals surface area contributed by atoms with Crippen molar-refractivity contribution in [2.45, 2.75) is 37.9 Å². The lowest BCUT2D eigenvalue weighted by molar-refractivity contribution is -0.157. The van der Waals surface area contributed by atoms with Gasteiger partial charge in [0.2, 0.25) is 0 Å². The van der Waals surface area contributed by atoms with Crippen LogP contribution < -0.4 is 11.4 Å². The van der Waals surface area contributed by atoms with Gasteiger partial charge in [0.05, 0.1) is 5.92 Å². The third-order valence-corrected chi connectivity index (χ3v) is 3.64. The first-order valence-electron chi connectivity index (χ1n) is 7.20. The van der Waals surface area contributed by atoms with E-state index in [0.717, 1.165) is 10.8 Å². The number of hydrogen-bond acceptors (Lipinski definition) is 9. The van der Waals surface area contributed by atoms with Crippen molar-refractivity contribution in [3.63, 3.8) is 0 Å². The second-order valence-electron chi connectivity index (χ2n) is 5.69. The summed E-state index contributed by atoms with van der Waals surface area (Å²) in [6, 6.07) is 2.93. The van der Waals surface area contributed by atoms with Crippen molar-refractivity contribution in [1.82, 2.24) is 9.55 Å². The number of aromatic nitrogens is 2. The smallest absolute Gasteiger partial charge is 0.352 e. The van der Waals surface area contributed by atoms with Crippen molar-refractivity contribution in [1.29, 1.82) is 5.26 Å². The number of hydrogen-bond donors (Lipinski definition) is 3. The normalized spacial score (nSPS) is 29.4. The third kappa shape index (κ3) is 2.96. The van der Waals surface area contributed by atoms with Crippen molar-refractivity contribution < 1.29 is 24.5 Å². The first-order chi connectivity index (χ1) is 11.2. The molecule has 4 N–H and O–H groups in total. The Morgan fingerprint density at radius 1 is 1.62 bits per heavy atom. The fourth-order valence-electron chi connectivity index (χ4n) is 2.28. The number of nitrogen functional groups attached to an aromatic ring is 1. The molecule has 10 nitrogen and oxygen atoms in total. The quantitative estimate of drug-likeness (QED) is 0.544. The average Bonchev–Trinajstić information content (AvgIpc) is 2.77. The Bertz CT molecular complexity index is 727. The molecule has 2 heterocycles. The number of anilines is 1. The lowest BCUT2D eigenvalue weighted by Gasteiger charge is -2.26. The molecule has 1 aromatic heterocycles. The second kappa shape index (κ2) is 6.56. The molecule has 4 atom stereocenters. The van der Waals surface area contributed by atoms with Crippen molar-refractivity contribution in [3.05, 3.63) is 22.7 Å². The van der Waals surface area contributed by atoms with Gasteiger partial charge in [-0.25, -0.2) is 4.79 Å². The molecule has 0 saturated carbocycles. The van der Waals surface area contributed by atoms with Crippen molar-refractivity contribution >= 4 is 11.8 Å². The molecule has 10 heteroatoms. The maximum absolute atomic E-state index is 12.0. The van der Waals surface area contributed by atoms with Gasteiger partial charge in [0, 0.05) is 6.20 Å². The first-order valence-corrected chi connectivity index (χ1v) is 7.20. The lowest BCUT2D eigenvalue weighted by atomic mass is 10.0. The largest absolute Gasteiger partial charge is 0.463 e. The SMILES string of the molecule is CC(C)C(=O)OC[C@H]1O[C@@](C#N)(n2ccc(N)nc2=O)[C@H](O)[C@@H]1O. The molecule has 0 spiro atoms. The summed E-state index contributed by atoms with van der Waals surface area (Å²) in [5.74, 6) is -0.987. The Balaban J connectivity index is 2.30. The highest BCUT2D eigenvalue weighted by molar-refractivity contribution is 5.71. The summed E-state index contributed by atoms with van der Waals surface area (Å²) >= 11 is 0. The summed E-state index contributed by atoms with van der Waals surface area (Å²) < 4.78 is 11.1. The molecule has 1 aliphatic rings. The Labute approximate surface area is 137 Å². The number of aliphatic hydroxyl groups excluding tert-OH is 2. The fourth-order valence-corrected chi connectivity index (χ4v) is 2.28. The van der Waals surface area contributed by atoms with E-state index in [0.29, 0.717) is 0 Å². The standard InChI is InChI=1S/C14H18N4O6/c1-7(2)12(21)23-5-8-10(19)11(20)14(6-15,24-8)18-4-3-9(16)17-13(18)22/h3-4,7-8,10-11,19-20H,5H2,1-2H3,(H2,16,17,22)/t8-,10-,11-,14-/m1/s1. The molecular weight excluding hydrogens is 320 g/mol. The molecule has 1 fully saturated rings. The zero-order chi connectivity index (χ0) is 18.1. The van der Waals surface area contributed by atoms with Crippen LogP contribution in [0.2, 0.25) is 0 Å². The maximum atomic E-state index is 12.0. The van der Waals surface area contributed by atoms with E-state index in [4.69, 9.17) is 15.2 Å². The predicted octanol–water partition coefficient (Wildman–Crippen LogP) is -1.68. The zero-order valence-electron chi connectivity index (χ0n) is 13.1. The second-order valence-corrected chi connectivity index (χ2v) is 5.69. The summed E-state index contributed by atoms with van der Waals surface area (Å²) in [6.45, 7) is 2.88. The van der Waals surface area contributed by atoms with Gasteiger partial charge in [-0.1, -0.05) is 13.8 Å². The van der Waals surface area contributed by atoms with Gasteiger partial charge in [-0.2, -0.15) is 10.2 Å². The molecule has 24 heavy (non-hydrogen) atoms. The van der Waals surface area contributed by atoms with Crippen LogP contribution in [0.4, 0.5) is 5.82 Å². The number of nitrogens with zero attached hydrogens (tertiary/aromatic N) is 3. The number of esters is 1. The van der Waals surface area contributed by atoms with Gasteiger partial charge < -0.3 is 25.4 Å². The Kier molecular flexibility index (Phi) is 4.88. The molecule has 0 amide bonds. The van der Waals surface area contributed by atoms with E-state index in [2.05, 4.69) is 4.98 Å². The van der Waals surface area contributed by atoms with E-state index in [-0.39, 0.29) is 12.4 Å². The number of carbonyl (C=O) groups excluding carboxylic acids is 1. The number of aliphatic hydroxyl groups is 2. The molecule has 0 unspecified atom stereocenters. The van der Waals surface area contributed by atoms with E-state index in [1.807, 2.05) is 0 Å².